The Hall–Kier alpha value is -1.58. The van der Waals surface area contributed by atoms with Crippen LogP contribution in [-0.4, -0.2) is 56.1 Å². The van der Waals surface area contributed by atoms with E-state index in [0.29, 0.717) is 0 Å². The van der Waals surface area contributed by atoms with Crippen LogP contribution in [0.2, 0.25) is 0 Å². The maximum Gasteiger partial charge on any atom is 0.263 e. The molecule has 6 heteroatoms. The topological polar surface area (TPSA) is 80.2 Å². The van der Waals surface area contributed by atoms with Gasteiger partial charge in [0.25, 0.3) is 5.91 Å². The average molecular weight is 305 g/mol. The summed E-state index contributed by atoms with van der Waals surface area (Å²) in [6, 6.07) is 2.23. The molecule has 2 aliphatic rings. The van der Waals surface area contributed by atoms with Gasteiger partial charge in [0.1, 0.15) is 11.6 Å². The molecule has 0 unspecified atom stereocenters. The zero-order valence-corrected chi connectivity index (χ0v) is 13.2. The summed E-state index contributed by atoms with van der Waals surface area (Å²) in [4.78, 5) is 14.4. The van der Waals surface area contributed by atoms with E-state index in [9.17, 15) is 4.79 Å². The minimum Gasteiger partial charge on any atom is -0.388 e. The van der Waals surface area contributed by atoms with Crippen LogP contribution in [0.3, 0.4) is 0 Å². The molecule has 1 aliphatic heterocycles. The molecule has 3 N–H and O–H groups in total. The Morgan fingerprint density at radius 3 is 2.68 bits per heavy atom. The molecule has 22 heavy (non-hydrogen) atoms. The highest BCUT2D eigenvalue weighted by molar-refractivity contribution is 5.97. The van der Waals surface area contributed by atoms with E-state index in [-0.39, 0.29) is 17.5 Å². The van der Waals surface area contributed by atoms with Crippen molar-refractivity contribution >= 4 is 5.91 Å². The van der Waals surface area contributed by atoms with Gasteiger partial charge in [-0.1, -0.05) is 19.3 Å². The number of nitriles is 1. The van der Waals surface area contributed by atoms with E-state index >= 15 is 0 Å². The number of nitrogens with one attached hydrogen (secondary N) is 3. The summed E-state index contributed by atoms with van der Waals surface area (Å²) >= 11 is 0. The highest BCUT2D eigenvalue weighted by Crippen LogP contribution is 2.17. The second-order valence-electron chi connectivity index (χ2n) is 6.02. The fourth-order valence-electron chi connectivity index (χ4n) is 2.99. The van der Waals surface area contributed by atoms with Crippen molar-refractivity contribution in [2.45, 2.75) is 38.1 Å². The molecule has 0 aromatic carbocycles. The molecule has 1 aliphatic carbocycles. The number of nitrogens with zero attached hydrogens (tertiary/aromatic N) is 2. The van der Waals surface area contributed by atoms with E-state index < -0.39 is 0 Å². The molecule has 0 atom stereocenters. The minimum absolute atomic E-state index is 0.172. The Labute approximate surface area is 132 Å². The molecule has 2 rings (SSSR count). The first kappa shape index (κ1) is 16.8. The highest BCUT2D eigenvalue weighted by atomic mass is 16.1. The molecule has 0 aromatic rings. The van der Waals surface area contributed by atoms with Crippen molar-refractivity contribution in [3.8, 4) is 6.07 Å². The fraction of sp³-hybridized carbons (Fsp3) is 0.750. The Kier molecular flexibility index (Phi) is 7.20. The van der Waals surface area contributed by atoms with Crippen LogP contribution in [0.5, 0.6) is 0 Å². The van der Waals surface area contributed by atoms with Crippen molar-refractivity contribution < 1.29 is 4.79 Å². The molecule has 2 fully saturated rings. The van der Waals surface area contributed by atoms with Crippen LogP contribution in [0, 0.1) is 11.3 Å². The van der Waals surface area contributed by atoms with Gasteiger partial charge in [-0.15, -0.1) is 0 Å². The lowest BCUT2D eigenvalue weighted by Gasteiger charge is -2.27. The standard InChI is InChI=1S/C16H27N5O/c17-12-14(16(22)20-15-4-2-1-3-5-15)13-19-8-11-21-9-6-18-7-10-21/h13,15,18-19H,1-11H2,(H,20,22)/b14-13-. The Bertz CT molecular complexity index is 417. The summed E-state index contributed by atoms with van der Waals surface area (Å²) in [6.07, 6.45) is 7.20. The Balaban J connectivity index is 1.69. The Morgan fingerprint density at radius 1 is 1.27 bits per heavy atom. The van der Waals surface area contributed by atoms with E-state index in [1.54, 1.807) is 6.20 Å². The summed E-state index contributed by atoms with van der Waals surface area (Å²) in [5.41, 5.74) is 0.172. The van der Waals surface area contributed by atoms with Gasteiger partial charge in [-0.2, -0.15) is 5.26 Å². The van der Waals surface area contributed by atoms with Crippen LogP contribution in [-0.2, 0) is 4.79 Å². The zero-order valence-electron chi connectivity index (χ0n) is 13.2. The van der Waals surface area contributed by atoms with E-state index in [0.717, 1.165) is 52.1 Å². The lowest BCUT2D eigenvalue weighted by atomic mass is 9.95. The number of hydrogen-bond acceptors (Lipinski definition) is 5. The van der Waals surface area contributed by atoms with Crippen molar-refractivity contribution in [2.24, 2.45) is 0 Å². The van der Waals surface area contributed by atoms with E-state index in [1.165, 1.54) is 19.3 Å². The van der Waals surface area contributed by atoms with Crippen LogP contribution in [0.1, 0.15) is 32.1 Å². The zero-order chi connectivity index (χ0) is 15.6. The third-order valence-corrected chi connectivity index (χ3v) is 4.33. The average Bonchev–Trinajstić information content (AvgIpc) is 2.56. The molecule has 6 nitrogen and oxygen atoms in total. The number of piperazine rings is 1. The molecule has 1 heterocycles. The van der Waals surface area contributed by atoms with Crippen LogP contribution in [0.4, 0.5) is 0 Å². The lowest BCUT2D eigenvalue weighted by molar-refractivity contribution is -0.118. The largest absolute Gasteiger partial charge is 0.388 e. The van der Waals surface area contributed by atoms with Gasteiger partial charge in [0.05, 0.1) is 0 Å². The third-order valence-electron chi connectivity index (χ3n) is 4.33. The number of amides is 1. The van der Waals surface area contributed by atoms with Gasteiger partial charge in [0.2, 0.25) is 0 Å². The summed E-state index contributed by atoms with van der Waals surface area (Å²) in [6.45, 7) is 5.85. The predicted molar refractivity (Wildman–Crippen MR) is 86.0 cm³/mol. The Morgan fingerprint density at radius 2 is 2.00 bits per heavy atom. The summed E-state index contributed by atoms with van der Waals surface area (Å²) in [5.74, 6) is -0.246. The summed E-state index contributed by atoms with van der Waals surface area (Å²) in [7, 11) is 0. The molecular formula is C16H27N5O. The van der Waals surface area contributed by atoms with Crippen molar-refractivity contribution in [3.63, 3.8) is 0 Å². The van der Waals surface area contributed by atoms with Crippen LogP contribution in [0.25, 0.3) is 0 Å². The molecule has 0 spiro atoms. The number of rotatable bonds is 6. The molecule has 0 radical (unpaired) electrons. The molecule has 1 amide bonds. The van der Waals surface area contributed by atoms with E-state index in [1.807, 2.05) is 6.07 Å². The first-order chi connectivity index (χ1) is 10.8. The number of carbonyl (C=O) groups is 1. The highest BCUT2D eigenvalue weighted by Gasteiger charge is 2.18. The van der Waals surface area contributed by atoms with E-state index in [4.69, 9.17) is 5.26 Å². The molecule has 1 saturated heterocycles. The smallest absolute Gasteiger partial charge is 0.263 e. The summed E-state index contributed by atoms with van der Waals surface area (Å²) in [5, 5.41) is 18.5. The van der Waals surface area contributed by atoms with E-state index in [2.05, 4.69) is 20.9 Å². The maximum atomic E-state index is 12.1. The predicted octanol–water partition coefficient (Wildman–Crippen LogP) is 0.338. The lowest BCUT2D eigenvalue weighted by Crippen LogP contribution is -2.45. The fourth-order valence-corrected chi connectivity index (χ4v) is 2.99. The quantitative estimate of drug-likeness (QED) is 0.374. The molecule has 1 saturated carbocycles. The number of hydrogen-bond donors (Lipinski definition) is 3. The molecular weight excluding hydrogens is 278 g/mol. The maximum absolute atomic E-state index is 12.1. The van der Waals surface area contributed by atoms with Crippen molar-refractivity contribution in [1.82, 2.24) is 20.9 Å². The first-order valence-corrected chi connectivity index (χ1v) is 8.37. The second kappa shape index (κ2) is 9.44. The van der Waals surface area contributed by atoms with Crippen LogP contribution >= 0.6 is 0 Å². The van der Waals surface area contributed by atoms with Gasteiger partial charge >= 0.3 is 0 Å². The number of carbonyl (C=O) groups excluding carboxylic acids is 1. The second-order valence-corrected chi connectivity index (χ2v) is 6.02. The van der Waals surface area contributed by atoms with Crippen molar-refractivity contribution in [1.29, 1.82) is 5.26 Å². The molecule has 0 aromatic heterocycles. The van der Waals surface area contributed by atoms with Crippen molar-refractivity contribution in [3.05, 3.63) is 11.8 Å². The molecule has 0 bridgehead atoms. The van der Waals surface area contributed by atoms with Crippen LogP contribution in [0.15, 0.2) is 11.8 Å². The summed E-state index contributed by atoms with van der Waals surface area (Å²) < 4.78 is 0. The minimum atomic E-state index is -0.246. The van der Waals surface area contributed by atoms with Gasteiger partial charge in [0, 0.05) is 51.5 Å². The van der Waals surface area contributed by atoms with Crippen molar-refractivity contribution in [2.75, 3.05) is 39.3 Å². The molecule has 122 valence electrons. The van der Waals surface area contributed by atoms with Gasteiger partial charge in [-0.3, -0.25) is 9.69 Å². The first-order valence-electron chi connectivity index (χ1n) is 8.37. The normalized spacial score (nSPS) is 21.1. The monoisotopic (exact) mass is 305 g/mol. The van der Waals surface area contributed by atoms with Crippen LogP contribution < -0.4 is 16.0 Å². The van der Waals surface area contributed by atoms with Gasteiger partial charge < -0.3 is 16.0 Å². The third kappa shape index (κ3) is 5.66. The van der Waals surface area contributed by atoms with Gasteiger partial charge in [-0.05, 0) is 12.8 Å². The van der Waals surface area contributed by atoms with Gasteiger partial charge in [-0.25, -0.2) is 0 Å². The SMILES string of the molecule is N#C/C(=C/NCCN1CCNCC1)C(=O)NC1CCCCC1. The van der Waals surface area contributed by atoms with Gasteiger partial charge in [0.15, 0.2) is 0 Å².